The maximum absolute atomic E-state index is 11.0. The third-order valence-corrected chi connectivity index (χ3v) is 1.95. The molecule has 1 heterocycles. The standard InChI is InChI=1S/C11H11N5O2/c1-7(2)16-10(4-9(5-12)6-13)11(18-15-16)14-8(3)17/h4,7H,1-3H3. The molecule has 1 aromatic rings. The molecule has 0 radical (unpaired) electrons. The minimum Gasteiger partial charge on any atom is -0.862 e. The van der Waals surface area contributed by atoms with Crippen LogP contribution in [0.1, 0.15) is 32.5 Å². The van der Waals surface area contributed by atoms with Gasteiger partial charge in [-0.15, -0.1) is 0 Å². The van der Waals surface area contributed by atoms with E-state index in [4.69, 9.17) is 15.0 Å². The fourth-order valence-electron chi connectivity index (χ4n) is 1.22. The van der Waals surface area contributed by atoms with Crippen LogP contribution in [0, 0.1) is 22.7 Å². The van der Waals surface area contributed by atoms with E-state index < -0.39 is 5.90 Å². The Labute approximate surface area is 104 Å². The summed E-state index contributed by atoms with van der Waals surface area (Å²) in [6.07, 6.45) is 1.29. The molecule has 0 aromatic carbocycles. The van der Waals surface area contributed by atoms with E-state index in [9.17, 15) is 5.11 Å². The van der Waals surface area contributed by atoms with Gasteiger partial charge in [0.15, 0.2) is 6.04 Å². The van der Waals surface area contributed by atoms with Gasteiger partial charge in [-0.25, -0.2) is 4.99 Å². The summed E-state index contributed by atoms with van der Waals surface area (Å²) in [6.45, 7) is 4.96. The van der Waals surface area contributed by atoms with Crippen molar-refractivity contribution in [1.82, 2.24) is 5.27 Å². The number of nitriles is 2. The van der Waals surface area contributed by atoms with E-state index in [0.717, 1.165) is 0 Å². The molecular weight excluding hydrogens is 234 g/mol. The molecule has 0 atom stereocenters. The number of hydrogen-bond acceptors (Lipinski definition) is 6. The van der Waals surface area contributed by atoms with Crippen LogP contribution in [0.15, 0.2) is 15.1 Å². The van der Waals surface area contributed by atoms with Crippen molar-refractivity contribution in [3.8, 4) is 12.1 Å². The average molecular weight is 245 g/mol. The molecule has 7 nitrogen and oxygen atoms in total. The topological polar surface area (TPSA) is 113 Å². The predicted octanol–water partition coefficient (Wildman–Crippen LogP) is 0.384. The first kappa shape index (κ1) is 13.4. The van der Waals surface area contributed by atoms with Crippen LogP contribution >= 0.6 is 0 Å². The number of aliphatic imine (C=N–C) groups is 1. The Morgan fingerprint density at radius 3 is 2.56 bits per heavy atom. The normalized spacial score (nSPS) is 10.9. The molecule has 0 spiro atoms. The van der Waals surface area contributed by atoms with Gasteiger partial charge in [-0.1, -0.05) is 0 Å². The first-order valence-corrected chi connectivity index (χ1v) is 5.15. The van der Waals surface area contributed by atoms with Crippen molar-refractivity contribution in [3.05, 3.63) is 11.3 Å². The van der Waals surface area contributed by atoms with Gasteiger partial charge in [0, 0.05) is 19.9 Å². The summed E-state index contributed by atoms with van der Waals surface area (Å²) in [5.41, 5.74) is 0.200. The summed E-state index contributed by atoms with van der Waals surface area (Å²) < 4.78 is 6.36. The van der Waals surface area contributed by atoms with Crippen LogP contribution in [0.25, 0.3) is 6.08 Å². The molecule has 0 saturated carbocycles. The van der Waals surface area contributed by atoms with Crippen molar-refractivity contribution >= 4 is 17.9 Å². The molecule has 1 rings (SSSR count). The molecule has 0 aliphatic carbocycles. The number of allylic oxidation sites excluding steroid dienone is 1. The van der Waals surface area contributed by atoms with Gasteiger partial charge in [-0.3, -0.25) is 4.52 Å². The van der Waals surface area contributed by atoms with Gasteiger partial charge in [0.25, 0.3) is 0 Å². The van der Waals surface area contributed by atoms with Gasteiger partial charge in [0.2, 0.25) is 5.27 Å². The number of nitrogens with zero attached hydrogens (tertiary/aromatic N) is 5. The van der Waals surface area contributed by atoms with E-state index in [-0.39, 0.29) is 17.5 Å². The Balaban J connectivity index is 3.43. The van der Waals surface area contributed by atoms with E-state index in [1.165, 1.54) is 17.7 Å². The summed E-state index contributed by atoms with van der Waals surface area (Å²) >= 11 is 0. The van der Waals surface area contributed by atoms with Gasteiger partial charge in [0.1, 0.15) is 17.7 Å². The van der Waals surface area contributed by atoms with Crippen LogP contribution in [-0.4, -0.2) is 11.2 Å². The van der Waals surface area contributed by atoms with Crippen LogP contribution in [0.2, 0.25) is 0 Å². The van der Waals surface area contributed by atoms with Crippen LogP contribution in [0.3, 0.4) is 0 Å². The first-order valence-electron chi connectivity index (χ1n) is 5.15. The maximum atomic E-state index is 11.0. The monoisotopic (exact) mass is 245 g/mol. The zero-order valence-electron chi connectivity index (χ0n) is 10.2. The van der Waals surface area contributed by atoms with Gasteiger partial charge >= 0.3 is 11.6 Å². The number of aromatic nitrogens is 2. The zero-order valence-corrected chi connectivity index (χ0v) is 10.2. The summed E-state index contributed by atoms with van der Waals surface area (Å²) in [6, 6.07) is 3.39. The lowest BCUT2D eigenvalue weighted by Crippen LogP contribution is -2.40. The van der Waals surface area contributed by atoms with Crippen molar-refractivity contribution in [3.63, 3.8) is 0 Å². The fourth-order valence-corrected chi connectivity index (χ4v) is 1.22. The van der Waals surface area contributed by atoms with E-state index in [1.807, 2.05) is 13.8 Å². The van der Waals surface area contributed by atoms with E-state index >= 15 is 0 Å². The Morgan fingerprint density at radius 2 is 2.11 bits per heavy atom. The van der Waals surface area contributed by atoms with Crippen LogP contribution in [0.5, 0.6) is 0 Å². The van der Waals surface area contributed by atoms with Gasteiger partial charge < -0.3 is 5.11 Å². The lowest BCUT2D eigenvalue weighted by atomic mass is 10.2. The van der Waals surface area contributed by atoms with Crippen molar-refractivity contribution in [1.29, 1.82) is 10.5 Å². The highest BCUT2D eigenvalue weighted by Crippen LogP contribution is 2.19. The summed E-state index contributed by atoms with van der Waals surface area (Å²) in [7, 11) is 0. The van der Waals surface area contributed by atoms with E-state index in [0.29, 0.717) is 5.69 Å². The van der Waals surface area contributed by atoms with Crippen molar-refractivity contribution in [2.75, 3.05) is 0 Å². The average Bonchev–Trinajstić information content (AvgIpc) is 2.68. The molecule has 18 heavy (non-hydrogen) atoms. The highest BCUT2D eigenvalue weighted by Gasteiger charge is 2.25. The molecule has 0 N–H and O–H groups in total. The molecule has 1 aromatic heterocycles. The summed E-state index contributed by atoms with van der Waals surface area (Å²) in [5, 5.41) is 32.1. The number of rotatable bonds is 3. The Bertz CT molecular complexity index is 564. The van der Waals surface area contributed by atoms with Gasteiger partial charge in [0.05, 0.1) is 0 Å². The van der Waals surface area contributed by atoms with E-state index in [1.54, 1.807) is 12.1 Å². The van der Waals surface area contributed by atoms with Gasteiger partial charge in [-0.2, -0.15) is 10.5 Å². The molecule has 92 valence electrons. The predicted molar refractivity (Wildman–Crippen MR) is 59.1 cm³/mol. The highest BCUT2D eigenvalue weighted by molar-refractivity contribution is 5.73. The second kappa shape index (κ2) is 5.60. The van der Waals surface area contributed by atoms with Crippen LogP contribution in [0.4, 0.5) is 5.88 Å². The largest absolute Gasteiger partial charge is 0.862 e. The van der Waals surface area contributed by atoms with Gasteiger partial charge in [-0.05, 0) is 17.5 Å². The molecular formula is C11H11N5O2. The second-order valence-electron chi connectivity index (χ2n) is 3.71. The lowest BCUT2D eigenvalue weighted by molar-refractivity contribution is -0.780. The third kappa shape index (κ3) is 2.92. The Kier molecular flexibility index (Phi) is 4.16. The van der Waals surface area contributed by atoms with Crippen molar-refractivity contribution < 1.29 is 14.3 Å². The lowest BCUT2D eigenvalue weighted by Gasteiger charge is -1.98. The fraction of sp³-hybridized carbons (Fsp3) is 0.364. The first-order chi connectivity index (χ1) is 8.49. The number of hydrogen-bond donors (Lipinski definition) is 0. The highest BCUT2D eigenvalue weighted by atomic mass is 16.5. The second-order valence-corrected chi connectivity index (χ2v) is 3.71. The minimum absolute atomic E-state index is 0.0146. The maximum Gasteiger partial charge on any atom is 0.328 e. The van der Waals surface area contributed by atoms with Crippen LogP contribution in [-0.2, 0) is 0 Å². The molecule has 0 aliphatic heterocycles. The molecule has 7 heteroatoms. The summed E-state index contributed by atoms with van der Waals surface area (Å²) in [4.78, 5) is 3.63. The van der Waals surface area contributed by atoms with Crippen LogP contribution < -0.4 is 9.79 Å². The third-order valence-electron chi connectivity index (χ3n) is 1.95. The Morgan fingerprint density at radius 1 is 1.50 bits per heavy atom. The SMILES string of the molecule is C/C([O-])=N/c1on[n+](C(C)C)c1C=C(C#N)C#N. The van der Waals surface area contributed by atoms with Crippen molar-refractivity contribution in [2.45, 2.75) is 26.8 Å². The zero-order chi connectivity index (χ0) is 13.7. The molecule has 0 fully saturated rings. The summed E-state index contributed by atoms with van der Waals surface area (Å²) in [5.74, 6) is -0.466. The van der Waals surface area contributed by atoms with Crippen molar-refractivity contribution in [2.24, 2.45) is 4.99 Å². The molecule has 0 saturated heterocycles. The quantitative estimate of drug-likeness (QED) is 0.330. The molecule has 0 unspecified atom stereocenters. The van der Waals surface area contributed by atoms with E-state index in [2.05, 4.69) is 10.3 Å². The minimum atomic E-state index is -0.452. The molecule has 0 amide bonds. The molecule has 0 bridgehead atoms. The smallest absolute Gasteiger partial charge is 0.328 e. The Hall–Kier alpha value is -2.67. The molecule has 0 aliphatic rings.